The van der Waals surface area contributed by atoms with Crippen molar-refractivity contribution in [2.45, 2.75) is 38.9 Å². The Morgan fingerprint density at radius 1 is 1.33 bits per heavy atom. The van der Waals surface area contributed by atoms with Gasteiger partial charge in [-0.1, -0.05) is 19.1 Å². The van der Waals surface area contributed by atoms with Crippen LogP contribution in [0, 0.1) is 11.8 Å². The van der Waals surface area contributed by atoms with Crippen LogP contribution in [0.2, 0.25) is 0 Å². The molecule has 1 N–H and O–H groups in total. The summed E-state index contributed by atoms with van der Waals surface area (Å²) in [6.45, 7) is 5.05. The van der Waals surface area contributed by atoms with Gasteiger partial charge in [-0.15, -0.1) is 0 Å². The van der Waals surface area contributed by atoms with Gasteiger partial charge in [-0.05, 0) is 49.3 Å². The van der Waals surface area contributed by atoms with Gasteiger partial charge in [0.2, 0.25) is 5.91 Å². The molecule has 0 aromatic heterocycles. The van der Waals surface area contributed by atoms with E-state index in [0.29, 0.717) is 5.92 Å². The molecule has 1 aliphatic heterocycles. The number of rotatable bonds is 5. The summed E-state index contributed by atoms with van der Waals surface area (Å²) < 4.78 is 5.20. The van der Waals surface area contributed by atoms with E-state index in [0.717, 1.165) is 23.8 Å². The van der Waals surface area contributed by atoms with E-state index in [9.17, 15) is 4.79 Å². The van der Waals surface area contributed by atoms with Gasteiger partial charge in [0.05, 0.1) is 13.2 Å². The molecule has 1 heterocycles. The molecule has 1 amide bonds. The number of methoxy groups -OCH3 is 1. The van der Waals surface area contributed by atoms with Crippen molar-refractivity contribution in [3.05, 3.63) is 29.8 Å². The molecule has 0 bridgehead atoms. The Bertz CT molecular complexity index is 510. The van der Waals surface area contributed by atoms with E-state index in [2.05, 4.69) is 12.2 Å². The molecule has 3 rings (SSSR count). The molecule has 21 heavy (non-hydrogen) atoms. The third-order valence-corrected chi connectivity index (χ3v) is 4.72. The van der Waals surface area contributed by atoms with Crippen LogP contribution in [0.5, 0.6) is 5.75 Å². The molecular formula is C17H24N2O2. The van der Waals surface area contributed by atoms with Crippen LogP contribution in [0.3, 0.4) is 0 Å². The van der Waals surface area contributed by atoms with Crippen molar-refractivity contribution in [3.8, 4) is 5.75 Å². The third-order valence-electron chi connectivity index (χ3n) is 4.72. The Morgan fingerprint density at radius 3 is 2.57 bits per heavy atom. The fraction of sp³-hybridized carbons (Fsp3) is 0.588. The Kier molecular flexibility index (Phi) is 3.89. The second-order valence-corrected chi connectivity index (χ2v) is 6.37. The average molecular weight is 288 g/mol. The molecule has 4 heteroatoms. The summed E-state index contributed by atoms with van der Waals surface area (Å²) in [6, 6.07) is 7.87. The van der Waals surface area contributed by atoms with Gasteiger partial charge in [-0.3, -0.25) is 10.1 Å². The van der Waals surface area contributed by atoms with E-state index in [1.165, 1.54) is 12.8 Å². The van der Waals surface area contributed by atoms with Gasteiger partial charge in [-0.2, -0.15) is 0 Å². The Morgan fingerprint density at radius 2 is 2.00 bits per heavy atom. The fourth-order valence-corrected chi connectivity index (χ4v) is 3.16. The smallest absolute Gasteiger partial charge is 0.241 e. The molecule has 114 valence electrons. The van der Waals surface area contributed by atoms with Crippen LogP contribution < -0.4 is 10.1 Å². The number of carbonyl (C=O) groups is 1. The minimum atomic E-state index is -0.108. The highest BCUT2D eigenvalue weighted by atomic mass is 16.5. The highest BCUT2D eigenvalue weighted by molar-refractivity contribution is 5.84. The topological polar surface area (TPSA) is 41.6 Å². The van der Waals surface area contributed by atoms with Crippen LogP contribution in [0.15, 0.2) is 24.3 Å². The first kappa shape index (κ1) is 14.4. The zero-order chi connectivity index (χ0) is 15.0. The number of nitrogens with zero attached hydrogens (tertiary/aromatic N) is 1. The first-order chi connectivity index (χ1) is 10.1. The van der Waals surface area contributed by atoms with Crippen molar-refractivity contribution in [1.29, 1.82) is 0 Å². The highest BCUT2D eigenvalue weighted by Gasteiger charge is 2.39. The number of amides is 1. The van der Waals surface area contributed by atoms with Crippen molar-refractivity contribution < 1.29 is 9.53 Å². The molecular weight excluding hydrogens is 264 g/mol. The maximum atomic E-state index is 12.4. The standard InChI is InChI=1S/C17H24N2O2/c1-11(13-4-5-13)10-19-16(18-12(2)17(19)20)14-6-8-15(21-3)9-7-14/h6-9,11-13,16,18H,4-5,10H2,1-3H3. The summed E-state index contributed by atoms with van der Waals surface area (Å²) in [5, 5.41) is 3.41. The van der Waals surface area contributed by atoms with Crippen LogP contribution in [0.1, 0.15) is 38.4 Å². The Labute approximate surface area is 126 Å². The number of benzene rings is 1. The van der Waals surface area contributed by atoms with Gasteiger partial charge in [0.25, 0.3) is 0 Å². The summed E-state index contributed by atoms with van der Waals surface area (Å²) in [6.07, 6.45) is 2.62. The van der Waals surface area contributed by atoms with Crippen LogP contribution in [-0.4, -0.2) is 30.5 Å². The normalized spacial score (nSPS) is 27.0. The van der Waals surface area contributed by atoms with Crippen LogP contribution in [0.25, 0.3) is 0 Å². The first-order valence-electron chi connectivity index (χ1n) is 7.80. The van der Waals surface area contributed by atoms with Crippen molar-refractivity contribution in [3.63, 3.8) is 0 Å². The molecule has 0 spiro atoms. The summed E-state index contributed by atoms with van der Waals surface area (Å²) in [4.78, 5) is 14.4. The van der Waals surface area contributed by atoms with Crippen molar-refractivity contribution in [1.82, 2.24) is 10.2 Å². The molecule has 1 aromatic rings. The van der Waals surface area contributed by atoms with Crippen molar-refractivity contribution in [2.75, 3.05) is 13.7 Å². The maximum Gasteiger partial charge on any atom is 0.241 e. The molecule has 4 nitrogen and oxygen atoms in total. The third kappa shape index (κ3) is 2.91. The monoisotopic (exact) mass is 288 g/mol. The quantitative estimate of drug-likeness (QED) is 0.905. The summed E-state index contributed by atoms with van der Waals surface area (Å²) in [7, 11) is 1.66. The van der Waals surface area contributed by atoms with E-state index in [4.69, 9.17) is 4.74 Å². The van der Waals surface area contributed by atoms with Crippen LogP contribution >= 0.6 is 0 Å². The predicted octanol–water partition coefficient (Wildman–Crippen LogP) is 2.56. The number of hydrogen-bond donors (Lipinski definition) is 1. The van der Waals surface area contributed by atoms with Gasteiger partial charge < -0.3 is 9.64 Å². The highest BCUT2D eigenvalue weighted by Crippen LogP contribution is 2.38. The molecule has 2 fully saturated rings. The number of ether oxygens (including phenoxy) is 1. The molecule has 3 atom stereocenters. The van der Waals surface area contributed by atoms with Gasteiger partial charge >= 0.3 is 0 Å². The number of nitrogens with one attached hydrogen (secondary N) is 1. The lowest BCUT2D eigenvalue weighted by molar-refractivity contribution is -0.130. The minimum absolute atomic E-state index is 0.0143. The lowest BCUT2D eigenvalue weighted by Gasteiger charge is -2.27. The number of carbonyl (C=O) groups excluding carboxylic acids is 1. The molecule has 0 radical (unpaired) electrons. The summed E-state index contributed by atoms with van der Waals surface area (Å²) in [5.41, 5.74) is 1.12. The zero-order valence-corrected chi connectivity index (χ0v) is 13.0. The second kappa shape index (κ2) is 5.68. The van der Waals surface area contributed by atoms with Gasteiger partial charge in [0.1, 0.15) is 11.9 Å². The molecule has 1 saturated heterocycles. The maximum absolute atomic E-state index is 12.4. The molecule has 2 aliphatic rings. The van der Waals surface area contributed by atoms with E-state index in [-0.39, 0.29) is 18.1 Å². The van der Waals surface area contributed by atoms with E-state index >= 15 is 0 Å². The predicted molar refractivity (Wildman–Crippen MR) is 81.9 cm³/mol. The SMILES string of the molecule is COc1ccc(C2NC(C)C(=O)N2CC(C)C2CC2)cc1. The van der Waals surface area contributed by atoms with Crippen LogP contribution in [-0.2, 0) is 4.79 Å². The fourth-order valence-electron chi connectivity index (χ4n) is 3.16. The van der Waals surface area contributed by atoms with E-state index < -0.39 is 0 Å². The van der Waals surface area contributed by atoms with Crippen molar-refractivity contribution >= 4 is 5.91 Å². The molecule has 1 aromatic carbocycles. The average Bonchev–Trinajstić information content (AvgIpc) is 3.31. The largest absolute Gasteiger partial charge is 0.497 e. The first-order valence-corrected chi connectivity index (χ1v) is 7.80. The Hall–Kier alpha value is -1.55. The summed E-state index contributed by atoms with van der Waals surface area (Å²) >= 11 is 0. The van der Waals surface area contributed by atoms with E-state index in [1.54, 1.807) is 7.11 Å². The van der Waals surface area contributed by atoms with Gasteiger partial charge in [-0.25, -0.2) is 0 Å². The number of hydrogen-bond acceptors (Lipinski definition) is 3. The van der Waals surface area contributed by atoms with Gasteiger partial charge in [0, 0.05) is 6.54 Å². The van der Waals surface area contributed by atoms with E-state index in [1.807, 2.05) is 36.1 Å². The second-order valence-electron chi connectivity index (χ2n) is 6.37. The molecule has 1 aliphatic carbocycles. The molecule has 1 saturated carbocycles. The lowest BCUT2D eigenvalue weighted by Crippen LogP contribution is -2.35. The van der Waals surface area contributed by atoms with Crippen molar-refractivity contribution in [2.24, 2.45) is 11.8 Å². The summed E-state index contributed by atoms with van der Waals surface area (Å²) in [5.74, 6) is 2.45. The Balaban J connectivity index is 1.78. The zero-order valence-electron chi connectivity index (χ0n) is 13.0. The minimum Gasteiger partial charge on any atom is -0.497 e. The van der Waals surface area contributed by atoms with Gasteiger partial charge in [0.15, 0.2) is 0 Å². The molecule has 3 unspecified atom stereocenters. The van der Waals surface area contributed by atoms with Crippen LogP contribution in [0.4, 0.5) is 0 Å². The lowest BCUT2D eigenvalue weighted by atomic mass is 10.0.